The first-order valence-corrected chi connectivity index (χ1v) is 14.7. The number of hydrogen-bond acceptors (Lipinski definition) is 8. The number of methoxy groups -OCH3 is 1. The summed E-state index contributed by atoms with van der Waals surface area (Å²) in [5.41, 5.74) is 3.15. The van der Waals surface area contributed by atoms with E-state index in [1.54, 1.807) is 38.3 Å². The van der Waals surface area contributed by atoms with Crippen LogP contribution in [0.25, 0.3) is 11.0 Å². The number of carboxylic acids is 1. The second kappa shape index (κ2) is 10.5. The molecule has 1 saturated heterocycles. The van der Waals surface area contributed by atoms with E-state index in [0.29, 0.717) is 30.6 Å². The third-order valence-electron chi connectivity index (χ3n) is 8.94. The molecular weight excluding hydrogens is 565 g/mol. The lowest BCUT2D eigenvalue weighted by molar-refractivity contribution is -0.0705. The van der Waals surface area contributed by atoms with Gasteiger partial charge in [0.05, 0.1) is 58.7 Å². The zero-order chi connectivity index (χ0) is 30.7. The molecule has 226 valence electrons. The van der Waals surface area contributed by atoms with Gasteiger partial charge in [-0.3, -0.25) is 4.90 Å². The normalized spacial score (nSPS) is 22.9. The molecule has 0 amide bonds. The summed E-state index contributed by atoms with van der Waals surface area (Å²) in [7, 11) is 1.67. The Morgan fingerprint density at radius 1 is 1.20 bits per heavy atom. The summed E-state index contributed by atoms with van der Waals surface area (Å²) in [4.78, 5) is 21.4. The van der Waals surface area contributed by atoms with E-state index in [2.05, 4.69) is 14.4 Å². The SMILES string of the molecule is COC(C)Cn1c(CN2CCN(c3cccc4c3OC(C)(c3ccc(C#N)cc3F)O4)C3CC32)nc2ccc(C(=O)O)cc21. The molecule has 2 fully saturated rings. The van der Waals surface area contributed by atoms with Crippen molar-refractivity contribution in [2.24, 2.45) is 0 Å². The van der Waals surface area contributed by atoms with Crippen LogP contribution in [0, 0.1) is 17.1 Å². The summed E-state index contributed by atoms with van der Waals surface area (Å²) in [5.74, 6) is -0.871. The largest absolute Gasteiger partial charge is 0.478 e. The Morgan fingerprint density at radius 2 is 2.05 bits per heavy atom. The number of aromatic nitrogens is 2. The number of carboxylic acid groups (broad SMARTS) is 1. The zero-order valence-electron chi connectivity index (χ0n) is 24.7. The summed E-state index contributed by atoms with van der Waals surface area (Å²) in [6.07, 6.45) is 0.903. The van der Waals surface area contributed by atoms with Gasteiger partial charge >= 0.3 is 5.97 Å². The van der Waals surface area contributed by atoms with Crippen molar-refractivity contribution in [2.75, 3.05) is 25.1 Å². The molecule has 4 unspecified atom stereocenters. The van der Waals surface area contributed by atoms with Crippen molar-refractivity contribution in [1.82, 2.24) is 14.5 Å². The molecule has 1 aliphatic carbocycles. The molecule has 2 aliphatic heterocycles. The van der Waals surface area contributed by atoms with Gasteiger partial charge in [-0.25, -0.2) is 14.2 Å². The smallest absolute Gasteiger partial charge is 0.335 e. The Morgan fingerprint density at radius 3 is 2.80 bits per heavy atom. The molecule has 11 heteroatoms. The standard InChI is InChI=1S/C33H32FN5O5/c1-19(42-3)17-39-26-14-21(32(40)41)8-10-24(26)36-30(39)18-37-11-12-38(28-15-27(28)37)25-5-4-6-29-31(25)44-33(2,43-29)22-9-7-20(16-35)13-23(22)34/h4-10,13-14,19,27-28H,11-12,15,17-18H2,1-3H3,(H,40,41). The number of nitriles is 1. The first kappa shape index (κ1) is 28.1. The van der Waals surface area contributed by atoms with Crippen LogP contribution in [0.2, 0.25) is 0 Å². The van der Waals surface area contributed by atoms with Crippen molar-refractivity contribution in [2.45, 2.75) is 57.3 Å². The fraction of sp³-hybridized carbons (Fsp3) is 0.364. The maximum absolute atomic E-state index is 15.0. The Kier molecular flexibility index (Phi) is 6.72. The number of para-hydroxylation sites is 1. The Bertz CT molecular complexity index is 1840. The number of piperazine rings is 1. The number of rotatable bonds is 8. The van der Waals surface area contributed by atoms with Crippen LogP contribution in [-0.2, 0) is 23.6 Å². The van der Waals surface area contributed by atoms with Crippen LogP contribution < -0.4 is 14.4 Å². The highest BCUT2D eigenvalue weighted by molar-refractivity contribution is 5.92. The van der Waals surface area contributed by atoms with Gasteiger partial charge in [0, 0.05) is 39.2 Å². The molecule has 0 radical (unpaired) electrons. The number of carbonyl (C=O) groups is 1. The minimum Gasteiger partial charge on any atom is -0.478 e. The number of hydrogen-bond donors (Lipinski definition) is 1. The van der Waals surface area contributed by atoms with Gasteiger partial charge in [0.25, 0.3) is 5.79 Å². The summed E-state index contributed by atoms with van der Waals surface area (Å²) in [5, 5.41) is 18.7. The van der Waals surface area contributed by atoms with Crippen molar-refractivity contribution in [1.29, 1.82) is 5.26 Å². The molecule has 1 N–H and O–H groups in total. The number of imidazole rings is 1. The maximum Gasteiger partial charge on any atom is 0.335 e. The highest BCUT2D eigenvalue weighted by atomic mass is 19.1. The summed E-state index contributed by atoms with van der Waals surface area (Å²) in [6, 6.07) is 17.6. The predicted molar refractivity (Wildman–Crippen MR) is 159 cm³/mol. The third-order valence-corrected chi connectivity index (χ3v) is 8.94. The second-order valence-corrected chi connectivity index (χ2v) is 11.8. The number of halogens is 1. The van der Waals surface area contributed by atoms with Crippen molar-refractivity contribution < 1.29 is 28.5 Å². The van der Waals surface area contributed by atoms with Crippen LogP contribution in [0.15, 0.2) is 54.6 Å². The van der Waals surface area contributed by atoms with Gasteiger partial charge < -0.3 is 28.8 Å². The zero-order valence-corrected chi connectivity index (χ0v) is 24.7. The van der Waals surface area contributed by atoms with E-state index >= 15 is 0 Å². The van der Waals surface area contributed by atoms with Crippen LogP contribution in [0.1, 0.15) is 47.6 Å². The molecule has 1 aromatic heterocycles. The van der Waals surface area contributed by atoms with Crippen molar-refractivity contribution in [3.63, 3.8) is 0 Å². The summed E-state index contributed by atoms with van der Waals surface area (Å²) < 4.78 is 35.1. The van der Waals surface area contributed by atoms with Crippen LogP contribution in [0.3, 0.4) is 0 Å². The van der Waals surface area contributed by atoms with Crippen LogP contribution >= 0.6 is 0 Å². The first-order valence-electron chi connectivity index (χ1n) is 14.7. The highest BCUT2D eigenvalue weighted by Crippen LogP contribution is 2.52. The van der Waals surface area contributed by atoms with Gasteiger partial charge in [0.15, 0.2) is 11.5 Å². The fourth-order valence-electron chi connectivity index (χ4n) is 6.50. The maximum atomic E-state index is 15.0. The Hall–Kier alpha value is -4.66. The minimum absolute atomic E-state index is 0.0732. The van der Waals surface area contributed by atoms with Crippen LogP contribution in [0.5, 0.6) is 11.5 Å². The topological polar surface area (TPSA) is 113 Å². The lowest BCUT2D eigenvalue weighted by Gasteiger charge is -2.36. The third kappa shape index (κ3) is 4.71. The van der Waals surface area contributed by atoms with E-state index in [1.165, 1.54) is 12.1 Å². The molecule has 44 heavy (non-hydrogen) atoms. The predicted octanol–water partition coefficient (Wildman–Crippen LogP) is 4.89. The Labute approximate surface area is 253 Å². The van der Waals surface area contributed by atoms with Crippen molar-refractivity contribution >= 4 is 22.7 Å². The van der Waals surface area contributed by atoms with Gasteiger partial charge in [0.2, 0.25) is 0 Å². The van der Waals surface area contributed by atoms with Gasteiger partial charge in [0.1, 0.15) is 11.6 Å². The molecule has 7 rings (SSSR count). The number of benzene rings is 3. The van der Waals surface area contributed by atoms with E-state index < -0.39 is 17.6 Å². The molecule has 3 aromatic carbocycles. The summed E-state index contributed by atoms with van der Waals surface area (Å²) >= 11 is 0. The fourth-order valence-corrected chi connectivity index (χ4v) is 6.50. The minimum atomic E-state index is -1.36. The molecule has 0 bridgehead atoms. The van der Waals surface area contributed by atoms with Gasteiger partial charge in [-0.15, -0.1) is 0 Å². The van der Waals surface area contributed by atoms with E-state index in [1.807, 2.05) is 31.2 Å². The first-order chi connectivity index (χ1) is 21.2. The van der Waals surface area contributed by atoms with E-state index in [0.717, 1.165) is 42.1 Å². The Balaban J connectivity index is 1.12. The van der Waals surface area contributed by atoms with E-state index in [-0.39, 0.29) is 28.8 Å². The molecule has 3 heterocycles. The lowest BCUT2D eigenvalue weighted by Crippen LogP contribution is -2.46. The number of nitrogens with zero attached hydrogens (tertiary/aromatic N) is 5. The quantitative estimate of drug-likeness (QED) is 0.303. The highest BCUT2D eigenvalue weighted by Gasteiger charge is 2.51. The number of ether oxygens (including phenoxy) is 3. The lowest BCUT2D eigenvalue weighted by atomic mass is 10.0. The van der Waals surface area contributed by atoms with Crippen molar-refractivity contribution in [3.05, 3.63) is 82.9 Å². The van der Waals surface area contributed by atoms with Gasteiger partial charge in [-0.2, -0.15) is 5.26 Å². The molecule has 1 saturated carbocycles. The molecule has 4 atom stereocenters. The average molecular weight is 598 g/mol. The van der Waals surface area contributed by atoms with E-state index in [4.69, 9.17) is 24.5 Å². The van der Waals surface area contributed by atoms with Gasteiger partial charge in [-0.05, 0) is 61.9 Å². The second-order valence-electron chi connectivity index (χ2n) is 11.8. The molecule has 10 nitrogen and oxygen atoms in total. The van der Waals surface area contributed by atoms with E-state index in [9.17, 15) is 14.3 Å². The molecular formula is C33H32FN5O5. The number of anilines is 1. The molecule has 3 aliphatic rings. The van der Waals surface area contributed by atoms with Crippen molar-refractivity contribution in [3.8, 4) is 17.6 Å². The number of aromatic carboxylic acids is 1. The summed E-state index contributed by atoms with van der Waals surface area (Å²) in [6.45, 7) is 6.40. The van der Waals surface area contributed by atoms with Gasteiger partial charge in [-0.1, -0.05) is 6.07 Å². The molecule has 0 spiro atoms. The monoisotopic (exact) mass is 597 g/mol. The van der Waals surface area contributed by atoms with Crippen LogP contribution in [0.4, 0.5) is 10.1 Å². The number of fused-ring (bicyclic) bond motifs is 3. The molecule has 4 aromatic rings. The average Bonchev–Trinajstić information content (AvgIpc) is 3.65. The van der Waals surface area contributed by atoms with Crippen LogP contribution in [-0.4, -0.2) is 63.9 Å².